The third-order valence-corrected chi connectivity index (χ3v) is 3.25. The number of hydrogen-bond acceptors (Lipinski definition) is 3. The number of nitro benzene ring substituents is 1. The first-order chi connectivity index (χ1) is 9.97. The van der Waals surface area contributed by atoms with Gasteiger partial charge in [0.05, 0.1) is 11.0 Å². The van der Waals surface area contributed by atoms with Crippen molar-refractivity contribution in [2.45, 2.75) is 13.0 Å². The molecule has 0 bridgehead atoms. The lowest BCUT2D eigenvalue weighted by molar-refractivity contribution is -0.384. The number of amides is 1. The molecule has 0 saturated carbocycles. The molecule has 21 heavy (non-hydrogen) atoms. The van der Waals surface area contributed by atoms with E-state index in [-0.39, 0.29) is 23.2 Å². The minimum Gasteiger partial charge on any atom is -0.346 e. The quantitative estimate of drug-likeness (QED) is 0.691. The van der Waals surface area contributed by atoms with Gasteiger partial charge >= 0.3 is 0 Å². The number of halogens is 1. The van der Waals surface area contributed by atoms with E-state index in [1.807, 2.05) is 13.0 Å². The van der Waals surface area contributed by atoms with Crippen LogP contribution in [-0.2, 0) is 0 Å². The van der Waals surface area contributed by atoms with Crippen molar-refractivity contribution >= 4 is 23.2 Å². The predicted molar refractivity (Wildman–Crippen MR) is 80.4 cm³/mol. The van der Waals surface area contributed by atoms with E-state index in [2.05, 4.69) is 5.32 Å². The zero-order chi connectivity index (χ0) is 15.4. The molecule has 1 amide bonds. The topological polar surface area (TPSA) is 72.2 Å². The van der Waals surface area contributed by atoms with E-state index in [9.17, 15) is 14.9 Å². The van der Waals surface area contributed by atoms with E-state index in [0.717, 1.165) is 5.56 Å². The smallest absolute Gasteiger partial charge is 0.270 e. The zero-order valence-electron chi connectivity index (χ0n) is 11.2. The van der Waals surface area contributed by atoms with Gasteiger partial charge in [0.2, 0.25) is 0 Å². The van der Waals surface area contributed by atoms with Crippen LogP contribution in [0.1, 0.15) is 28.9 Å². The van der Waals surface area contributed by atoms with Crippen LogP contribution in [0.15, 0.2) is 48.5 Å². The van der Waals surface area contributed by atoms with E-state index in [1.54, 1.807) is 18.2 Å². The van der Waals surface area contributed by atoms with Gasteiger partial charge in [-0.3, -0.25) is 14.9 Å². The van der Waals surface area contributed by atoms with Gasteiger partial charge in [0.15, 0.2) is 0 Å². The number of benzene rings is 2. The Hall–Kier alpha value is -2.40. The third-order valence-electron chi connectivity index (χ3n) is 3.02. The first kappa shape index (κ1) is 15.0. The van der Waals surface area contributed by atoms with Gasteiger partial charge in [-0.05, 0) is 30.7 Å². The molecule has 0 unspecified atom stereocenters. The largest absolute Gasteiger partial charge is 0.346 e. The summed E-state index contributed by atoms with van der Waals surface area (Å²) in [5.74, 6) is -0.369. The molecular weight excluding hydrogens is 292 g/mol. The second kappa shape index (κ2) is 6.37. The molecule has 0 radical (unpaired) electrons. The number of carbonyl (C=O) groups is 1. The molecule has 2 aromatic carbocycles. The molecule has 2 aromatic rings. The number of nitrogens with one attached hydrogen (secondary N) is 1. The van der Waals surface area contributed by atoms with Crippen LogP contribution in [0.3, 0.4) is 0 Å². The Morgan fingerprint density at radius 2 is 1.95 bits per heavy atom. The van der Waals surface area contributed by atoms with E-state index in [4.69, 9.17) is 11.6 Å². The van der Waals surface area contributed by atoms with Gasteiger partial charge < -0.3 is 5.32 Å². The average molecular weight is 305 g/mol. The Balaban J connectivity index is 2.14. The van der Waals surface area contributed by atoms with Crippen LogP contribution < -0.4 is 5.32 Å². The number of rotatable bonds is 4. The molecule has 6 heteroatoms. The Kier molecular flexibility index (Phi) is 4.55. The lowest BCUT2D eigenvalue weighted by Gasteiger charge is -2.14. The van der Waals surface area contributed by atoms with Crippen LogP contribution in [0.25, 0.3) is 0 Å². The molecule has 0 heterocycles. The lowest BCUT2D eigenvalue weighted by atomic mass is 10.1. The summed E-state index contributed by atoms with van der Waals surface area (Å²) < 4.78 is 0. The van der Waals surface area contributed by atoms with Crippen LogP contribution in [0, 0.1) is 10.1 Å². The predicted octanol–water partition coefficient (Wildman–Crippen LogP) is 3.74. The second-order valence-corrected chi connectivity index (χ2v) is 4.99. The number of nitro groups is 1. The van der Waals surface area contributed by atoms with Crippen molar-refractivity contribution < 1.29 is 9.72 Å². The van der Waals surface area contributed by atoms with Gasteiger partial charge in [-0.2, -0.15) is 0 Å². The molecule has 0 aliphatic carbocycles. The first-order valence-electron chi connectivity index (χ1n) is 6.28. The van der Waals surface area contributed by atoms with Crippen molar-refractivity contribution in [3.63, 3.8) is 0 Å². The van der Waals surface area contributed by atoms with E-state index in [1.165, 1.54) is 24.3 Å². The molecule has 5 nitrogen and oxygen atoms in total. The molecule has 0 fully saturated rings. The highest BCUT2D eigenvalue weighted by Crippen LogP contribution is 2.19. The fourth-order valence-corrected chi connectivity index (χ4v) is 2.10. The van der Waals surface area contributed by atoms with Gasteiger partial charge in [0.25, 0.3) is 11.6 Å². The average Bonchev–Trinajstić information content (AvgIpc) is 2.47. The Morgan fingerprint density at radius 3 is 2.62 bits per heavy atom. The third kappa shape index (κ3) is 3.79. The van der Waals surface area contributed by atoms with Crippen molar-refractivity contribution in [1.29, 1.82) is 0 Å². The molecule has 0 spiro atoms. The fraction of sp³-hybridized carbons (Fsp3) is 0.133. The van der Waals surface area contributed by atoms with Crippen molar-refractivity contribution in [3.05, 3.63) is 74.8 Å². The van der Waals surface area contributed by atoms with Gasteiger partial charge in [-0.15, -0.1) is 0 Å². The summed E-state index contributed by atoms with van der Waals surface area (Å²) in [4.78, 5) is 22.3. The highest BCUT2D eigenvalue weighted by Gasteiger charge is 2.14. The summed E-state index contributed by atoms with van der Waals surface area (Å²) in [6.45, 7) is 1.82. The first-order valence-corrected chi connectivity index (χ1v) is 6.66. The van der Waals surface area contributed by atoms with Crippen LogP contribution in [0.5, 0.6) is 0 Å². The maximum absolute atomic E-state index is 12.1. The Bertz CT molecular complexity index is 688. The fourth-order valence-electron chi connectivity index (χ4n) is 1.90. The molecule has 0 aromatic heterocycles. The SMILES string of the molecule is C[C@@H](NC(=O)c1cccc([N+](=O)[O-])c1)c1cccc(Cl)c1. The maximum Gasteiger partial charge on any atom is 0.270 e. The number of nitrogens with zero attached hydrogens (tertiary/aromatic N) is 1. The molecule has 1 N–H and O–H groups in total. The van der Waals surface area contributed by atoms with Crippen LogP contribution in [0.2, 0.25) is 5.02 Å². The zero-order valence-corrected chi connectivity index (χ0v) is 12.0. The monoisotopic (exact) mass is 304 g/mol. The molecule has 0 aliphatic heterocycles. The Morgan fingerprint density at radius 1 is 1.24 bits per heavy atom. The molecule has 0 aliphatic rings. The number of non-ortho nitro benzene ring substituents is 1. The van der Waals surface area contributed by atoms with Crippen molar-refractivity contribution in [1.82, 2.24) is 5.32 Å². The normalized spacial score (nSPS) is 11.7. The van der Waals surface area contributed by atoms with Crippen LogP contribution in [-0.4, -0.2) is 10.8 Å². The standard InChI is InChI=1S/C15H13ClN2O3/c1-10(11-4-2-6-13(16)8-11)17-15(19)12-5-3-7-14(9-12)18(20)21/h2-10H,1H3,(H,17,19)/t10-/m1/s1. The molecule has 0 saturated heterocycles. The minimum absolute atomic E-state index is 0.113. The van der Waals surface area contributed by atoms with Gasteiger partial charge in [-0.1, -0.05) is 29.8 Å². The molecule has 2 rings (SSSR count). The molecule has 108 valence electrons. The van der Waals surface area contributed by atoms with Gasteiger partial charge in [0, 0.05) is 22.7 Å². The maximum atomic E-state index is 12.1. The van der Waals surface area contributed by atoms with Crippen molar-refractivity contribution in [2.24, 2.45) is 0 Å². The minimum atomic E-state index is -0.531. The van der Waals surface area contributed by atoms with E-state index in [0.29, 0.717) is 5.02 Å². The highest BCUT2D eigenvalue weighted by atomic mass is 35.5. The summed E-state index contributed by atoms with van der Waals surface area (Å²) in [6.07, 6.45) is 0. The summed E-state index contributed by atoms with van der Waals surface area (Å²) in [5.41, 5.74) is 0.998. The molecule has 1 atom stereocenters. The van der Waals surface area contributed by atoms with Gasteiger partial charge in [-0.25, -0.2) is 0 Å². The lowest BCUT2D eigenvalue weighted by Crippen LogP contribution is -2.26. The van der Waals surface area contributed by atoms with Crippen molar-refractivity contribution in [2.75, 3.05) is 0 Å². The molecular formula is C15H13ClN2O3. The van der Waals surface area contributed by atoms with Gasteiger partial charge in [0.1, 0.15) is 0 Å². The number of carbonyl (C=O) groups excluding carboxylic acids is 1. The van der Waals surface area contributed by atoms with Crippen molar-refractivity contribution in [3.8, 4) is 0 Å². The summed E-state index contributed by atoms with van der Waals surface area (Å²) in [5, 5.41) is 14.1. The van der Waals surface area contributed by atoms with Crippen LogP contribution in [0.4, 0.5) is 5.69 Å². The van der Waals surface area contributed by atoms with Crippen LogP contribution >= 0.6 is 11.6 Å². The summed E-state index contributed by atoms with van der Waals surface area (Å²) in [7, 11) is 0. The van der Waals surface area contributed by atoms with E-state index < -0.39 is 4.92 Å². The second-order valence-electron chi connectivity index (χ2n) is 4.56. The summed E-state index contributed by atoms with van der Waals surface area (Å²) in [6, 6.07) is 12.5. The number of hydrogen-bond donors (Lipinski definition) is 1. The highest BCUT2D eigenvalue weighted by molar-refractivity contribution is 6.30. The Labute approximate surface area is 126 Å². The van der Waals surface area contributed by atoms with E-state index >= 15 is 0 Å². The summed E-state index contributed by atoms with van der Waals surface area (Å²) >= 11 is 5.91.